The Morgan fingerprint density at radius 1 is 1.50 bits per heavy atom. The van der Waals surface area contributed by atoms with Gasteiger partial charge in [-0.15, -0.1) is 11.3 Å². The topological polar surface area (TPSA) is 36.4 Å². The molecule has 1 aromatic rings. The van der Waals surface area contributed by atoms with Gasteiger partial charge in [-0.1, -0.05) is 6.92 Å². The van der Waals surface area contributed by atoms with Crippen LogP contribution in [0, 0.1) is 0 Å². The van der Waals surface area contributed by atoms with Crippen LogP contribution in [-0.2, 0) is 13.0 Å². The molecule has 2 heterocycles. The molecule has 90 valence electrons. The normalized spacial score (nSPS) is 21.2. The van der Waals surface area contributed by atoms with Gasteiger partial charge in [0.1, 0.15) is 0 Å². The molecule has 1 aliphatic rings. The van der Waals surface area contributed by atoms with Crippen molar-refractivity contribution in [2.45, 2.75) is 45.3 Å². The number of hydrogen-bond acceptors (Lipinski definition) is 4. The van der Waals surface area contributed by atoms with E-state index in [2.05, 4.69) is 22.2 Å². The van der Waals surface area contributed by atoms with E-state index in [-0.39, 0.29) is 0 Å². The molecule has 0 spiro atoms. The van der Waals surface area contributed by atoms with Crippen molar-refractivity contribution >= 4 is 11.3 Å². The van der Waals surface area contributed by atoms with Gasteiger partial charge in [0.15, 0.2) is 0 Å². The lowest BCUT2D eigenvalue weighted by molar-refractivity contribution is -0.00754. The van der Waals surface area contributed by atoms with Crippen LogP contribution in [0.15, 0.2) is 5.38 Å². The highest BCUT2D eigenvalue weighted by Gasteiger charge is 2.27. The van der Waals surface area contributed by atoms with E-state index in [9.17, 15) is 5.11 Å². The van der Waals surface area contributed by atoms with Gasteiger partial charge >= 0.3 is 0 Å². The third-order valence-electron chi connectivity index (χ3n) is 3.22. The first-order valence-corrected chi connectivity index (χ1v) is 6.85. The number of likely N-dealkylation sites (tertiary alicyclic amines) is 1. The van der Waals surface area contributed by atoms with Crippen molar-refractivity contribution in [3.63, 3.8) is 0 Å². The van der Waals surface area contributed by atoms with Crippen molar-refractivity contribution in [3.05, 3.63) is 16.1 Å². The van der Waals surface area contributed by atoms with Crippen LogP contribution in [0.25, 0.3) is 0 Å². The van der Waals surface area contributed by atoms with Crippen LogP contribution < -0.4 is 0 Å². The molecule has 1 aliphatic heterocycles. The predicted octanol–water partition coefficient (Wildman–Crippen LogP) is 2.05. The SMILES string of the molecule is CCc1nc(CN2CCC(C)(O)CC2)cs1. The second-order valence-electron chi connectivity index (χ2n) is 4.86. The first kappa shape index (κ1) is 12.0. The zero-order valence-corrected chi connectivity index (χ0v) is 10.9. The van der Waals surface area contributed by atoms with Crippen molar-refractivity contribution in [2.24, 2.45) is 0 Å². The Morgan fingerprint density at radius 3 is 2.75 bits per heavy atom. The number of rotatable bonds is 3. The molecular weight excluding hydrogens is 220 g/mol. The van der Waals surface area contributed by atoms with Crippen molar-refractivity contribution in [1.82, 2.24) is 9.88 Å². The van der Waals surface area contributed by atoms with Crippen LogP contribution in [0.2, 0.25) is 0 Å². The lowest BCUT2D eigenvalue weighted by Crippen LogP contribution is -2.42. The largest absolute Gasteiger partial charge is 0.390 e. The second kappa shape index (κ2) is 4.82. The van der Waals surface area contributed by atoms with Crippen LogP contribution in [0.1, 0.15) is 37.4 Å². The second-order valence-corrected chi connectivity index (χ2v) is 5.80. The molecule has 0 aliphatic carbocycles. The van der Waals surface area contributed by atoms with Crippen LogP contribution >= 0.6 is 11.3 Å². The number of hydrogen-bond donors (Lipinski definition) is 1. The van der Waals surface area contributed by atoms with Gasteiger partial charge in [-0.25, -0.2) is 4.98 Å². The molecule has 2 rings (SSSR count). The van der Waals surface area contributed by atoms with Gasteiger partial charge < -0.3 is 5.11 Å². The minimum atomic E-state index is -0.451. The summed E-state index contributed by atoms with van der Waals surface area (Å²) in [4.78, 5) is 6.95. The highest BCUT2D eigenvalue weighted by atomic mass is 32.1. The maximum atomic E-state index is 9.86. The first-order valence-electron chi connectivity index (χ1n) is 5.97. The number of aromatic nitrogens is 1. The molecule has 0 saturated carbocycles. The summed E-state index contributed by atoms with van der Waals surface area (Å²) in [7, 11) is 0. The quantitative estimate of drug-likeness (QED) is 0.878. The van der Waals surface area contributed by atoms with E-state index in [1.165, 1.54) is 10.7 Å². The van der Waals surface area contributed by atoms with Crippen LogP contribution in [-0.4, -0.2) is 33.7 Å². The Labute approximate surface area is 101 Å². The number of thiazole rings is 1. The van der Waals surface area contributed by atoms with Crippen LogP contribution in [0.4, 0.5) is 0 Å². The van der Waals surface area contributed by atoms with Crippen molar-refractivity contribution in [2.75, 3.05) is 13.1 Å². The highest BCUT2D eigenvalue weighted by molar-refractivity contribution is 7.09. The van der Waals surface area contributed by atoms with E-state index >= 15 is 0 Å². The van der Waals surface area contributed by atoms with Gasteiger partial charge in [0.05, 0.1) is 16.3 Å². The number of piperidine rings is 1. The van der Waals surface area contributed by atoms with E-state index in [0.29, 0.717) is 0 Å². The fourth-order valence-electron chi connectivity index (χ4n) is 2.01. The summed E-state index contributed by atoms with van der Waals surface area (Å²) in [6.45, 7) is 6.97. The first-order chi connectivity index (χ1) is 7.59. The summed E-state index contributed by atoms with van der Waals surface area (Å²) in [5, 5.41) is 13.2. The van der Waals surface area contributed by atoms with E-state index in [1.54, 1.807) is 11.3 Å². The Balaban J connectivity index is 1.87. The van der Waals surface area contributed by atoms with E-state index in [4.69, 9.17) is 0 Å². The van der Waals surface area contributed by atoms with Gasteiger partial charge in [-0.05, 0) is 26.2 Å². The van der Waals surface area contributed by atoms with E-state index < -0.39 is 5.60 Å². The lowest BCUT2D eigenvalue weighted by Gasteiger charge is -2.35. The third kappa shape index (κ3) is 3.03. The molecule has 16 heavy (non-hydrogen) atoms. The van der Waals surface area contributed by atoms with Crippen molar-refractivity contribution in [3.8, 4) is 0 Å². The van der Waals surface area contributed by atoms with Crippen molar-refractivity contribution < 1.29 is 5.11 Å². The monoisotopic (exact) mass is 240 g/mol. The standard InChI is InChI=1S/C12H20N2OS/c1-3-11-13-10(9-16-11)8-14-6-4-12(2,15)5-7-14/h9,15H,3-8H2,1-2H3. The highest BCUT2D eigenvalue weighted by Crippen LogP contribution is 2.22. The fraction of sp³-hybridized carbons (Fsp3) is 0.750. The minimum Gasteiger partial charge on any atom is -0.390 e. The summed E-state index contributed by atoms with van der Waals surface area (Å²) in [6.07, 6.45) is 2.77. The van der Waals surface area contributed by atoms with Gasteiger partial charge in [0.25, 0.3) is 0 Å². The molecule has 1 fully saturated rings. The summed E-state index contributed by atoms with van der Waals surface area (Å²) in [5.74, 6) is 0. The molecular formula is C12H20N2OS. The Morgan fingerprint density at radius 2 is 2.19 bits per heavy atom. The fourth-order valence-corrected chi connectivity index (χ4v) is 2.74. The molecule has 3 nitrogen and oxygen atoms in total. The minimum absolute atomic E-state index is 0.451. The Hall–Kier alpha value is -0.450. The maximum Gasteiger partial charge on any atom is 0.0926 e. The molecule has 1 N–H and O–H groups in total. The zero-order valence-electron chi connectivity index (χ0n) is 10.1. The van der Waals surface area contributed by atoms with Gasteiger partial charge in [-0.2, -0.15) is 0 Å². The average molecular weight is 240 g/mol. The average Bonchev–Trinajstić information content (AvgIpc) is 2.69. The van der Waals surface area contributed by atoms with Gasteiger partial charge in [0.2, 0.25) is 0 Å². The third-order valence-corrected chi connectivity index (χ3v) is 4.26. The smallest absolute Gasteiger partial charge is 0.0926 e. The van der Waals surface area contributed by atoms with Crippen molar-refractivity contribution in [1.29, 1.82) is 0 Å². The molecule has 4 heteroatoms. The molecule has 0 aromatic carbocycles. The van der Waals surface area contributed by atoms with Gasteiger partial charge in [0, 0.05) is 25.0 Å². The molecule has 0 amide bonds. The van der Waals surface area contributed by atoms with Crippen LogP contribution in [0.5, 0.6) is 0 Å². The number of aryl methyl sites for hydroxylation is 1. The summed E-state index contributed by atoms with van der Waals surface area (Å²) >= 11 is 1.75. The molecule has 0 unspecified atom stereocenters. The maximum absolute atomic E-state index is 9.86. The molecule has 0 radical (unpaired) electrons. The summed E-state index contributed by atoms with van der Waals surface area (Å²) in [6, 6.07) is 0. The molecule has 0 atom stereocenters. The lowest BCUT2D eigenvalue weighted by atomic mass is 9.94. The Bertz CT molecular complexity index is 339. The summed E-state index contributed by atoms with van der Waals surface area (Å²) in [5.41, 5.74) is 0.732. The van der Waals surface area contributed by atoms with Crippen LogP contribution in [0.3, 0.4) is 0 Å². The zero-order chi connectivity index (χ0) is 11.6. The predicted molar refractivity (Wildman–Crippen MR) is 66.6 cm³/mol. The molecule has 1 aromatic heterocycles. The van der Waals surface area contributed by atoms with Gasteiger partial charge in [-0.3, -0.25) is 4.90 Å². The summed E-state index contributed by atoms with van der Waals surface area (Å²) < 4.78 is 0. The van der Waals surface area contributed by atoms with E-state index in [0.717, 1.165) is 38.9 Å². The number of nitrogens with zero attached hydrogens (tertiary/aromatic N) is 2. The Kier molecular flexibility index (Phi) is 3.62. The van der Waals surface area contributed by atoms with E-state index in [1.807, 2.05) is 6.92 Å². The molecule has 0 bridgehead atoms. The molecule has 1 saturated heterocycles. The number of aliphatic hydroxyl groups is 1.